The fourth-order valence-corrected chi connectivity index (χ4v) is 5.84. The molecule has 0 fully saturated rings. The zero-order valence-electron chi connectivity index (χ0n) is 21.9. The first kappa shape index (κ1) is 22.6. The van der Waals surface area contributed by atoms with Crippen molar-refractivity contribution < 1.29 is 9.47 Å². The SMILES string of the molecule is COc1cc(OC)cc(-c2c3nc(cc4ccc([nH]4)c4c5nc(cc6ccc2[nH]6)C=C5c2ccccc2-4)C=C3)c1. The van der Waals surface area contributed by atoms with Crippen LogP contribution in [0.5, 0.6) is 11.5 Å². The van der Waals surface area contributed by atoms with Gasteiger partial charge in [0, 0.05) is 44.8 Å². The highest BCUT2D eigenvalue weighted by molar-refractivity contribution is 6.10. The normalized spacial score (nSPS) is 12.8. The summed E-state index contributed by atoms with van der Waals surface area (Å²) in [6.45, 7) is 0. The maximum Gasteiger partial charge on any atom is 0.123 e. The van der Waals surface area contributed by atoms with Crippen LogP contribution in [-0.2, 0) is 0 Å². The van der Waals surface area contributed by atoms with E-state index in [2.05, 4.69) is 82.8 Å². The van der Waals surface area contributed by atoms with E-state index in [4.69, 9.17) is 19.4 Å². The second-order valence-electron chi connectivity index (χ2n) is 10.0. The molecule has 1 aliphatic carbocycles. The van der Waals surface area contributed by atoms with E-state index >= 15 is 0 Å². The van der Waals surface area contributed by atoms with Crippen molar-refractivity contribution in [3.05, 3.63) is 107 Å². The molecule has 8 rings (SSSR count). The van der Waals surface area contributed by atoms with Gasteiger partial charge in [-0.3, -0.25) is 0 Å². The fourth-order valence-electron chi connectivity index (χ4n) is 5.84. The average molecular weight is 521 g/mol. The van der Waals surface area contributed by atoms with Gasteiger partial charge in [0.1, 0.15) is 11.5 Å². The van der Waals surface area contributed by atoms with Crippen LogP contribution in [0.1, 0.15) is 28.3 Å². The van der Waals surface area contributed by atoms with Crippen molar-refractivity contribution in [3.63, 3.8) is 0 Å². The predicted molar refractivity (Wildman–Crippen MR) is 161 cm³/mol. The first-order valence-corrected chi connectivity index (χ1v) is 13.1. The van der Waals surface area contributed by atoms with E-state index in [1.807, 2.05) is 24.3 Å². The van der Waals surface area contributed by atoms with Gasteiger partial charge in [-0.2, -0.15) is 0 Å². The van der Waals surface area contributed by atoms with Gasteiger partial charge >= 0.3 is 0 Å². The summed E-state index contributed by atoms with van der Waals surface area (Å²) in [5.74, 6) is 1.43. The molecule has 0 saturated carbocycles. The summed E-state index contributed by atoms with van der Waals surface area (Å²) >= 11 is 0. The number of nitrogens with zero attached hydrogens (tertiary/aromatic N) is 2. The number of fused-ring (bicyclic) bond motifs is 11. The maximum absolute atomic E-state index is 5.59. The van der Waals surface area contributed by atoms with E-state index in [1.165, 1.54) is 11.1 Å². The van der Waals surface area contributed by atoms with Crippen molar-refractivity contribution in [2.45, 2.75) is 0 Å². The van der Waals surface area contributed by atoms with Crippen LogP contribution < -0.4 is 9.47 Å². The minimum atomic E-state index is 0.715. The van der Waals surface area contributed by atoms with Gasteiger partial charge in [-0.25, -0.2) is 9.97 Å². The number of ether oxygens (including phenoxy) is 2. The van der Waals surface area contributed by atoms with Gasteiger partial charge in [-0.15, -0.1) is 0 Å². The van der Waals surface area contributed by atoms with Crippen LogP contribution in [0.3, 0.4) is 0 Å². The Morgan fingerprint density at radius 1 is 0.625 bits per heavy atom. The summed E-state index contributed by atoms with van der Waals surface area (Å²) in [4.78, 5) is 17.4. The van der Waals surface area contributed by atoms with Gasteiger partial charge < -0.3 is 19.4 Å². The zero-order chi connectivity index (χ0) is 26.8. The molecule has 3 aliphatic rings. The van der Waals surface area contributed by atoms with Crippen molar-refractivity contribution in [3.8, 4) is 33.8 Å². The molecule has 2 aromatic carbocycles. The highest BCUT2D eigenvalue weighted by Crippen LogP contribution is 2.47. The average Bonchev–Trinajstić information content (AvgIpc) is 3.80. The molecular weight excluding hydrogens is 496 g/mol. The molecule has 2 N–H and O–H groups in total. The Morgan fingerprint density at radius 3 is 2.02 bits per heavy atom. The number of methoxy groups -OCH3 is 2. The van der Waals surface area contributed by atoms with Crippen LogP contribution in [0.15, 0.2) is 78.9 Å². The standard InChI is InChI=1S/C34H24N4O2/c1-39-24-13-19(14-25(18-24)40-2)32-29-10-7-20(35-29)15-21-9-12-31(37-21)33-27-6-4-3-5-26(27)28-17-23(38-34(28)33)16-22-8-11-30(32)36-22/h3-18,36-37H,1-2H3. The van der Waals surface area contributed by atoms with Crippen molar-refractivity contribution in [2.75, 3.05) is 14.2 Å². The Balaban J connectivity index is 1.47. The lowest BCUT2D eigenvalue weighted by atomic mass is 10.0. The number of hydrogen-bond donors (Lipinski definition) is 2. The molecule has 192 valence electrons. The minimum Gasteiger partial charge on any atom is -0.497 e. The molecule has 40 heavy (non-hydrogen) atoms. The second kappa shape index (κ2) is 8.58. The Kier molecular flexibility index (Phi) is 4.85. The molecule has 0 atom stereocenters. The summed E-state index contributed by atoms with van der Waals surface area (Å²) in [6, 6.07) is 27.0. The van der Waals surface area contributed by atoms with Gasteiger partial charge in [0.2, 0.25) is 0 Å². The maximum atomic E-state index is 5.59. The Labute approximate surface area is 230 Å². The molecule has 5 aromatic rings. The van der Waals surface area contributed by atoms with E-state index in [1.54, 1.807) is 14.2 Å². The third-order valence-electron chi connectivity index (χ3n) is 7.63. The predicted octanol–water partition coefficient (Wildman–Crippen LogP) is 7.74. The lowest BCUT2D eigenvalue weighted by molar-refractivity contribution is 0.394. The molecule has 0 unspecified atom stereocenters. The van der Waals surface area contributed by atoms with Gasteiger partial charge in [0.15, 0.2) is 0 Å². The van der Waals surface area contributed by atoms with Crippen molar-refractivity contribution in [1.82, 2.24) is 19.9 Å². The number of nitrogens with one attached hydrogen (secondary N) is 2. The summed E-state index contributed by atoms with van der Waals surface area (Å²) in [5.41, 5.74) is 14.2. The number of H-pyrrole nitrogens is 2. The van der Waals surface area contributed by atoms with Crippen molar-refractivity contribution in [2.24, 2.45) is 0 Å². The van der Waals surface area contributed by atoms with Gasteiger partial charge in [0.25, 0.3) is 0 Å². The highest BCUT2D eigenvalue weighted by Gasteiger charge is 2.28. The Bertz CT molecular complexity index is 2070. The smallest absolute Gasteiger partial charge is 0.123 e. The van der Waals surface area contributed by atoms with E-state index in [0.717, 1.165) is 67.1 Å². The number of benzene rings is 2. The van der Waals surface area contributed by atoms with E-state index in [-0.39, 0.29) is 0 Å². The molecule has 2 aliphatic heterocycles. The molecule has 0 radical (unpaired) electrons. The molecule has 8 bridgehead atoms. The van der Waals surface area contributed by atoms with Crippen molar-refractivity contribution >= 4 is 45.9 Å². The van der Waals surface area contributed by atoms with Crippen LogP contribution >= 0.6 is 0 Å². The quantitative estimate of drug-likeness (QED) is 0.250. The summed E-state index contributed by atoms with van der Waals surface area (Å²) in [5, 5.41) is 0. The highest BCUT2D eigenvalue weighted by atomic mass is 16.5. The third kappa shape index (κ3) is 3.50. The first-order chi connectivity index (χ1) is 19.7. The topological polar surface area (TPSA) is 75.8 Å². The van der Waals surface area contributed by atoms with Crippen LogP contribution in [0.25, 0.3) is 68.1 Å². The van der Waals surface area contributed by atoms with Crippen molar-refractivity contribution in [1.29, 1.82) is 0 Å². The molecule has 5 heterocycles. The van der Waals surface area contributed by atoms with Crippen LogP contribution in [0.4, 0.5) is 0 Å². The second-order valence-corrected chi connectivity index (χ2v) is 10.0. The lowest BCUT2D eigenvalue weighted by Gasteiger charge is -2.09. The van der Waals surface area contributed by atoms with E-state index in [0.29, 0.717) is 11.5 Å². The molecule has 0 spiro atoms. The molecule has 0 amide bonds. The molecular formula is C34H24N4O2. The molecule has 6 heteroatoms. The molecule has 3 aromatic heterocycles. The largest absolute Gasteiger partial charge is 0.497 e. The van der Waals surface area contributed by atoms with E-state index < -0.39 is 0 Å². The van der Waals surface area contributed by atoms with Gasteiger partial charge in [-0.05, 0) is 83.4 Å². The summed E-state index contributed by atoms with van der Waals surface area (Å²) in [7, 11) is 3.32. The minimum absolute atomic E-state index is 0.715. The van der Waals surface area contributed by atoms with Crippen LogP contribution in [0, 0.1) is 0 Å². The monoisotopic (exact) mass is 520 g/mol. The number of rotatable bonds is 3. The van der Waals surface area contributed by atoms with Gasteiger partial charge in [-0.1, -0.05) is 24.3 Å². The first-order valence-electron chi connectivity index (χ1n) is 13.1. The van der Waals surface area contributed by atoms with Crippen LogP contribution in [0.2, 0.25) is 0 Å². The zero-order valence-corrected chi connectivity index (χ0v) is 21.9. The third-order valence-corrected chi connectivity index (χ3v) is 7.63. The van der Waals surface area contributed by atoms with E-state index in [9.17, 15) is 0 Å². The van der Waals surface area contributed by atoms with Gasteiger partial charge in [0.05, 0.1) is 37.0 Å². The number of hydrogen-bond acceptors (Lipinski definition) is 4. The molecule has 0 saturated heterocycles. The molecule has 6 nitrogen and oxygen atoms in total. The Morgan fingerprint density at radius 2 is 1.30 bits per heavy atom. The lowest BCUT2D eigenvalue weighted by Crippen LogP contribution is -1.91. The number of aromatic amines is 2. The summed E-state index contributed by atoms with van der Waals surface area (Å²) in [6.07, 6.45) is 6.28. The number of aromatic nitrogens is 4. The fraction of sp³-hybridized carbons (Fsp3) is 0.0588. The Hall–Kier alpha value is -5.36. The van der Waals surface area contributed by atoms with Crippen LogP contribution in [-0.4, -0.2) is 34.2 Å². The summed E-state index contributed by atoms with van der Waals surface area (Å²) < 4.78 is 11.2.